The fraction of sp³-hybridized carbons (Fsp3) is 0. The highest BCUT2D eigenvalue weighted by Gasteiger charge is 2.30. The molecule has 0 radical (unpaired) electrons. The predicted octanol–water partition coefficient (Wildman–Crippen LogP) is 2.52. The molecule has 2 unspecified atom stereocenters. The van der Waals surface area contributed by atoms with Gasteiger partial charge >= 0.3 is 0 Å². The summed E-state index contributed by atoms with van der Waals surface area (Å²) in [6, 6.07) is 17.7. The van der Waals surface area contributed by atoms with Gasteiger partial charge in [0.15, 0.2) is 0 Å². The van der Waals surface area contributed by atoms with Crippen molar-refractivity contribution in [2.24, 2.45) is 0 Å². The molecule has 0 heterocycles. The van der Waals surface area contributed by atoms with Gasteiger partial charge in [0.1, 0.15) is 0 Å². The van der Waals surface area contributed by atoms with Crippen LogP contribution in [0.15, 0.2) is 70.5 Å². The fourth-order valence-corrected chi connectivity index (χ4v) is 4.06. The average Bonchev–Trinajstić information content (AvgIpc) is 2.39. The van der Waals surface area contributed by atoms with Gasteiger partial charge in [-0.1, -0.05) is 36.4 Å². The van der Waals surface area contributed by atoms with Gasteiger partial charge in [-0.25, -0.2) is 0 Å². The van der Waals surface area contributed by atoms with Crippen LogP contribution in [-0.4, -0.2) is 9.11 Å². The number of hydrogen-bond donors (Lipinski definition) is 0. The van der Waals surface area contributed by atoms with Crippen LogP contribution >= 0.6 is 0 Å². The molecule has 0 aliphatic rings. The van der Waals surface area contributed by atoms with Gasteiger partial charge in [-0.2, -0.15) is 0 Å². The minimum Gasteiger partial charge on any atom is -0.566 e. The summed E-state index contributed by atoms with van der Waals surface area (Å²) >= 11 is 0. The lowest BCUT2D eigenvalue weighted by Crippen LogP contribution is -2.15. The van der Waals surface area contributed by atoms with Crippen LogP contribution in [0.1, 0.15) is 0 Å². The van der Waals surface area contributed by atoms with Crippen LogP contribution in [0.3, 0.4) is 0 Å². The largest absolute Gasteiger partial charge is 0.566 e. The Morgan fingerprint density at radius 1 is 0.562 bits per heavy atom. The highest BCUT2D eigenvalue weighted by Crippen LogP contribution is 2.23. The first-order chi connectivity index (χ1) is 7.79. The normalized spacial score (nSPS) is 14.4. The second kappa shape index (κ2) is 5.41. The lowest BCUT2D eigenvalue weighted by molar-refractivity contribution is 0.582. The second-order valence-electron chi connectivity index (χ2n) is 3.10. The summed E-state index contributed by atoms with van der Waals surface area (Å²) in [4.78, 5) is 1.18. The number of benzene rings is 2. The van der Waals surface area contributed by atoms with E-state index in [1.54, 1.807) is 48.5 Å². The van der Waals surface area contributed by atoms with Gasteiger partial charge in [0.2, 0.25) is 30.2 Å². The molecular weight excluding hydrogens is 240 g/mol. The van der Waals surface area contributed by atoms with E-state index in [2.05, 4.69) is 0 Å². The summed E-state index contributed by atoms with van der Waals surface area (Å²) in [7, 11) is -3.01. The van der Waals surface area contributed by atoms with Gasteiger partial charge in [-0.05, 0) is 24.3 Å². The Labute approximate surface area is 100 Å². The van der Waals surface area contributed by atoms with E-state index in [1.165, 1.54) is 0 Å². The van der Waals surface area contributed by atoms with Crippen molar-refractivity contribution in [1.29, 1.82) is 0 Å². The molecule has 0 aliphatic carbocycles. The fourth-order valence-electron chi connectivity index (χ4n) is 1.24. The van der Waals surface area contributed by atoms with Crippen LogP contribution < -0.4 is 0 Å². The Hall–Kier alpha value is -0.940. The van der Waals surface area contributed by atoms with Gasteiger partial charge in [0.05, 0.1) is 0 Å². The summed E-state index contributed by atoms with van der Waals surface area (Å²) in [6.07, 6.45) is 0. The van der Waals surface area contributed by atoms with E-state index in [0.717, 1.165) is 0 Å². The zero-order chi connectivity index (χ0) is 11.4. The molecule has 0 amide bonds. The van der Waals surface area contributed by atoms with E-state index in [1.807, 2.05) is 12.1 Å². The topological polar surface area (TPSA) is 46.1 Å². The van der Waals surface area contributed by atoms with Crippen molar-refractivity contribution in [1.82, 2.24) is 0 Å². The van der Waals surface area contributed by atoms with Gasteiger partial charge in [-0.3, -0.25) is 0 Å². The minimum atomic E-state index is -1.51. The molecule has 0 bridgehead atoms. The van der Waals surface area contributed by atoms with Crippen molar-refractivity contribution in [2.45, 2.75) is 9.79 Å². The Morgan fingerprint density at radius 3 is 1.19 bits per heavy atom. The quantitative estimate of drug-likeness (QED) is 0.620. The van der Waals surface area contributed by atoms with Crippen molar-refractivity contribution < 1.29 is 9.11 Å². The minimum absolute atomic E-state index is 0.588. The summed E-state index contributed by atoms with van der Waals surface area (Å²) in [5.74, 6) is 0. The first kappa shape index (κ1) is 11.5. The molecule has 0 aliphatic heterocycles. The van der Waals surface area contributed by atoms with Crippen LogP contribution in [-0.2, 0) is 20.4 Å². The SMILES string of the molecule is [O-][S+](c1ccccc1)[S+]([O-])c1ccccc1. The van der Waals surface area contributed by atoms with E-state index in [9.17, 15) is 9.11 Å². The van der Waals surface area contributed by atoms with Crippen molar-refractivity contribution in [3.8, 4) is 0 Å². The third-order valence-electron chi connectivity index (χ3n) is 2.01. The van der Waals surface area contributed by atoms with Crippen LogP contribution in [0.2, 0.25) is 0 Å². The molecule has 0 aromatic heterocycles. The molecule has 0 N–H and O–H groups in total. The third kappa shape index (κ3) is 2.59. The van der Waals surface area contributed by atoms with Crippen LogP contribution in [0.25, 0.3) is 0 Å². The summed E-state index contributed by atoms with van der Waals surface area (Å²) < 4.78 is 23.9. The number of rotatable bonds is 3. The summed E-state index contributed by atoms with van der Waals surface area (Å²) in [5.41, 5.74) is 0. The van der Waals surface area contributed by atoms with Crippen molar-refractivity contribution in [3.05, 3.63) is 60.7 Å². The Kier molecular flexibility index (Phi) is 3.90. The van der Waals surface area contributed by atoms with Crippen LogP contribution in [0.4, 0.5) is 0 Å². The first-order valence-corrected chi connectivity index (χ1v) is 7.55. The maximum Gasteiger partial charge on any atom is 0.216 e. The highest BCUT2D eigenvalue weighted by molar-refractivity contribution is 8.67. The van der Waals surface area contributed by atoms with E-state index < -0.39 is 20.4 Å². The Morgan fingerprint density at radius 2 is 0.875 bits per heavy atom. The monoisotopic (exact) mass is 250 g/mol. The van der Waals surface area contributed by atoms with E-state index in [-0.39, 0.29) is 0 Å². The van der Waals surface area contributed by atoms with Gasteiger partial charge in [0.25, 0.3) is 0 Å². The van der Waals surface area contributed by atoms with Gasteiger partial charge in [0, 0.05) is 0 Å². The molecule has 2 atom stereocenters. The molecule has 16 heavy (non-hydrogen) atoms. The molecule has 2 aromatic rings. The standard InChI is InChI=1S/C12H10O2S2/c13-15(11-7-3-1-4-8-11)16(14)12-9-5-2-6-10-12/h1-10H. The first-order valence-electron chi connectivity index (χ1n) is 4.73. The molecule has 2 rings (SSSR count). The highest BCUT2D eigenvalue weighted by atomic mass is 33.2. The van der Waals surface area contributed by atoms with Crippen LogP contribution in [0.5, 0.6) is 0 Å². The molecule has 2 aromatic carbocycles. The molecule has 4 heteroatoms. The molecular formula is C12H10O2S2. The van der Waals surface area contributed by atoms with Crippen molar-refractivity contribution in [3.63, 3.8) is 0 Å². The molecule has 2 nitrogen and oxygen atoms in total. The Bertz CT molecular complexity index is 390. The lowest BCUT2D eigenvalue weighted by atomic mass is 10.4. The van der Waals surface area contributed by atoms with Crippen molar-refractivity contribution >= 4 is 20.4 Å². The molecule has 0 fully saturated rings. The molecule has 0 saturated heterocycles. The second-order valence-corrected chi connectivity index (χ2v) is 6.79. The van der Waals surface area contributed by atoms with Gasteiger partial charge < -0.3 is 9.11 Å². The van der Waals surface area contributed by atoms with E-state index >= 15 is 0 Å². The smallest absolute Gasteiger partial charge is 0.216 e. The van der Waals surface area contributed by atoms with Gasteiger partial charge in [-0.15, -0.1) is 0 Å². The molecule has 82 valence electrons. The zero-order valence-electron chi connectivity index (χ0n) is 8.41. The average molecular weight is 250 g/mol. The maximum absolute atomic E-state index is 12.0. The Balaban J connectivity index is 2.20. The zero-order valence-corrected chi connectivity index (χ0v) is 10.0. The van der Waals surface area contributed by atoms with Crippen molar-refractivity contribution in [2.75, 3.05) is 0 Å². The summed E-state index contributed by atoms with van der Waals surface area (Å²) in [6.45, 7) is 0. The predicted molar refractivity (Wildman–Crippen MR) is 65.7 cm³/mol. The maximum atomic E-state index is 12.0. The lowest BCUT2D eigenvalue weighted by Gasteiger charge is -2.10. The van der Waals surface area contributed by atoms with Crippen LogP contribution in [0, 0.1) is 0 Å². The summed E-state index contributed by atoms with van der Waals surface area (Å²) in [5, 5.41) is 0. The molecule has 0 saturated carbocycles. The number of hydrogen-bond acceptors (Lipinski definition) is 2. The molecule has 0 spiro atoms. The third-order valence-corrected chi connectivity index (χ3v) is 5.58. The van der Waals surface area contributed by atoms with E-state index in [4.69, 9.17) is 0 Å². The van der Waals surface area contributed by atoms with E-state index in [0.29, 0.717) is 9.79 Å².